The fraction of sp³-hybridized carbons (Fsp3) is 0.621. The minimum atomic E-state index is -0.149. The van der Waals surface area contributed by atoms with E-state index in [9.17, 15) is 4.39 Å². The number of benzene rings is 1. The Hall–Kier alpha value is -1.70. The van der Waals surface area contributed by atoms with Gasteiger partial charge in [0, 0.05) is 11.8 Å². The number of halogens is 1. The first kappa shape index (κ1) is 24.0. The third-order valence-electron chi connectivity index (χ3n) is 7.20. The number of nitrogens with zero attached hydrogens (tertiary/aromatic N) is 1. The molecule has 170 valence electrons. The van der Waals surface area contributed by atoms with Crippen molar-refractivity contribution < 1.29 is 4.39 Å². The highest BCUT2D eigenvalue weighted by atomic mass is 19.1. The van der Waals surface area contributed by atoms with Gasteiger partial charge in [-0.1, -0.05) is 77.3 Å². The number of rotatable bonds is 12. The van der Waals surface area contributed by atoms with E-state index in [-0.39, 0.29) is 5.82 Å². The molecule has 0 bridgehead atoms. The lowest BCUT2D eigenvalue weighted by Gasteiger charge is -2.28. The molecule has 1 nitrogen and oxygen atoms in total. The molecule has 0 unspecified atom stereocenters. The second-order valence-electron chi connectivity index (χ2n) is 9.67. The van der Waals surface area contributed by atoms with Crippen LogP contribution >= 0.6 is 0 Å². The Morgan fingerprint density at radius 1 is 0.839 bits per heavy atom. The van der Waals surface area contributed by atoms with Crippen LogP contribution in [0.1, 0.15) is 114 Å². The standard InChI is InChI=1S/C29H42FN/c1-3-5-7-8-9-10-12-23-13-16-25(17-14-23)26-18-20-29(31-22-26)27-19-15-24(11-6-4-2)21-28(27)30/h15,18-23,25H,3-14,16-17H2,1-2H3. The lowest BCUT2D eigenvalue weighted by molar-refractivity contribution is 0.301. The van der Waals surface area contributed by atoms with E-state index in [0.29, 0.717) is 11.5 Å². The third-order valence-corrected chi connectivity index (χ3v) is 7.20. The zero-order valence-electron chi connectivity index (χ0n) is 19.8. The zero-order chi connectivity index (χ0) is 21.9. The van der Waals surface area contributed by atoms with E-state index in [4.69, 9.17) is 0 Å². The van der Waals surface area contributed by atoms with Crippen LogP contribution in [0.5, 0.6) is 0 Å². The van der Waals surface area contributed by atoms with Crippen LogP contribution in [0.3, 0.4) is 0 Å². The summed E-state index contributed by atoms with van der Waals surface area (Å²) in [5.74, 6) is 1.41. The number of unbranched alkanes of at least 4 members (excludes halogenated alkanes) is 6. The molecule has 1 heterocycles. The molecule has 0 saturated heterocycles. The van der Waals surface area contributed by atoms with Crippen LogP contribution in [0.4, 0.5) is 4.39 Å². The van der Waals surface area contributed by atoms with E-state index >= 15 is 0 Å². The molecular formula is C29H42FN. The van der Waals surface area contributed by atoms with Gasteiger partial charge < -0.3 is 0 Å². The van der Waals surface area contributed by atoms with Gasteiger partial charge in [-0.2, -0.15) is 0 Å². The van der Waals surface area contributed by atoms with Gasteiger partial charge in [-0.05, 0) is 79.7 Å². The normalized spacial score (nSPS) is 18.9. The van der Waals surface area contributed by atoms with Crippen molar-refractivity contribution in [2.45, 2.75) is 110 Å². The van der Waals surface area contributed by atoms with Gasteiger partial charge in [0.25, 0.3) is 0 Å². The number of hydrogen-bond donors (Lipinski definition) is 0. The smallest absolute Gasteiger partial charge is 0.132 e. The molecule has 1 aromatic heterocycles. The second-order valence-corrected chi connectivity index (χ2v) is 9.67. The molecule has 1 aromatic carbocycles. The molecule has 0 amide bonds. The molecule has 1 saturated carbocycles. The molecule has 1 fully saturated rings. The molecule has 1 aliphatic carbocycles. The Morgan fingerprint density at radius 2 is 1.58 bits per heavy atom. The number of pyridine rings is 1. The lowest BCUT2D eigenvalue weighted by atomic mass is 9.77. The van der Waals surface area contributed by atoms with Crippen LogP contribution in [-0.2, 0) is 6.42 Å². The SMILES string of the molecule is CCCCCCCCC1CCC(c2ccc(-c3ccc(CCCC)cc3F)nc2)CC1. The summed E-state index contributed by atoms with van der Waals surface area (Å²) in [6.45, 7) is 4.45. The van der Waals surface area contributed by atoms with Gasteiger partial charge in [-0.15, -0.1) is 0 Å². The summed E-state index contributed by atoms with van der Waals surface area (Å²) < 4.78 is 14.6. The molecule has 0 spiro atoms. The molecule has 2 heteroatoms. The van der Waals surface area contributed by atoms with Gasteiger partial charge in [0.1, 0.15) is 5.82 Å². The second kappa shape index (κ2) is 13.0. The van der Waals surface area contributed by atoms with Crippen molar-refractivity contribution in [3.05, 3.63) is 53.5 Å². The summed E-state index contributed by atoms with van der Waals surface area (Å²) in [5, 5.41) is 0. The quantitative estimate of drug-likeness (QED) is 0.310. The van der Waals surface area contributed by atoms with E-state index in [1.807, 2.05) is 18.3 Å². The maximum atomic E-state index is 14.6. The zero-order valence-corrected chi connectivity index (χ0v) is 19.8. The van der Waals surface area contributed by atoms with Crippen molar-refractivity contribution in [1.29, 1.82) is 0 Å². The maximum Gasteiger partial charge on any atom is 0.132 e. The highest BCUT2D eigenvalue weighted by Gasteiger charge is 2.22. The minimum absolute atomic E-state index is 0.149. The molecule has 2 aromatic rings. The Kier molecular flexibility index (Phi) is 10.0. The fourth-order valence-corrected chi connectivity index (χ4v) is 5.11. The summed E-state index contributed by atoms with van der Waals surface area (Å²) in [4.78, 5) is 4.64. The summed E-state index contributed by atoms with van der Waals surface area (Å²) in [6, 6.07) is 9.84. The summed E-state index contributed by atoms with van der Waals surface area (Å²) in [5.41, 5.74) is 3.79. The van der Waals surface area contributed by atoms with Crippen molar-refractivity contribution in [3.63, 3.8) is 0 Å². The van der Waals surface area contributed by atoms with Crippen LogP contribution in [0.2, 0.25) is 0 Å². The Bertz CT molecular complexity index is 759. The van der Waals surface area contributed by atoms with Crippen LogP contribution in [-0.4, -0.2) is 4.98 Å². The van der Waals surface area contributed by atoms with Gasteiger partial charge in [-0.25, -0.2) is 4.39 Å². The number of hydrogen-bond acceptors (Lipinski definition) is 1. The fourth-order valence-electron chi connectivity index (χ4n) is 5.11. The van der Waals surface area contributed by atoms with E-state index in [2.05, 4.69) is 31.0 Å². The predicted octanol–water partition coefficient (Wildman–Crippen LogP) is 9.25. The first-order chi connectivity index (χ1) is 15.2. The van der Waals surface area contributed by atoms with Crippen LogP contribution < -0.4 is 0 Å². The number of aromatic nitrogens is 1. The van der Waals surface area contributed by atoms with E-state index in [0.717, 1.165) is 36.4 Å². The van der Waals surface area contributed by atoms with Gasteiger partial charge in [0.15, 0.2) is 0 Å². The van der Waals surface area contributed by atoms with E-state index in [1.54, 1.807) is 6.07 Å². The molecule has 0 radical (unpaired) electrons. The Morgan fingerprint density at radius 3 is 2.26 bits per heavy atom. The van der Waals surface area contributed by atoms with E-state index in [1.165, 1.54) is 76.2 Å². The Balaban J connectivity index is 1.47. The Labute approximate surface area is 189 Å². The molecular weight excluding hydrogens is 381 g/mol. The van der Waals surface area contributed by atoms with Crippen LogP contribution in [0, 0.1) is 11.7 Å². The maximum absolute atomic E-state index is 14.6. The molecule has 3 rings (SSSR count). The summed E-state index contributed by atoms with van der Waals surface area (Å²) >= 11 is 0. The largest absolute Gasteiger partial charge is 0.256 e. The van der Waals surface area contributed by atoms with Gasteiger partial charge in [-0.3, -0.25) is 4.98 Å². The molecule has 1 aliphatic rings. The monoisotopic (exact) mass is 423 g/mol. The average Bonchev–Trinajstić information content (AvgIpc) is 2.81. The van der Waals surface area contributed by atoms with Gasteiger partial charge in [0.2, 0.25) is 0 Å². The first-order valence-corrected chi connectivity index (χ1v) is 13.0. The molecule has 31 heavy (non-hydrogen) atoms. The van der Waals surface area contributed by atoms with Crippen molar-refractivity contribution in [2.24, 2.45) is 5.92 Å². The first-order valence-electron chi connectivity index (χ1n) is 13.0. The van der Waals surface area contributed by atoms with Crippen molar-refractivity contribution in [3.8, 4) is 11.3 Å². The highest BCUT2D eigenvalue weighted by Crippen LogP contribution is 2.38. The number of aryl methyl sites for hydroxylation is 1. The van der Waals surface area contributed by atoms with Crippen LogP contribution in [0.25, 0.3) is 11.3 Å². The lowest BCUT2D eigenvalue weighted by Crippen LogP contribution is -2.13. The summed E-state index contributed by atoms with van der Waals surface area (Å²) in [7, 11) is 0. The molecule has 0 aliphatic heterocycles. The molecule has 0 N–H and O–H groups in total. The highest BCUT2D eigenvalue weighted by molar-refractivity contribution is 5.60. The minimum Gasteiger partial charge on any atom is -0.256 e. The van der Waals surface area contributed by atoms with Crippen LogP contribution in [0.15, 0.2) is 36.5 Å². The van der Waals surface area contributed by atoms with Gasteiger partial charge >= 0.3 is 0 Å². The summed E-state index contributed by atoms with van der Waals surface area (Å²) in [6.07, 6.45) is 20.3. The molecule has 0 atom stereocenters. The van der Waals surface area contributed by atoms with E-state index < -0.39 is 0 Å². The van der Waals surface area contributed by atoms with Crippen molar-refractivity contribution in [2.75, 3.05) is 0 Å². The van der Waals surface area contributed by atoms with Crippen molar-refractivity contribution >= 4 is 0 Å². The average molecular weight is 424 g/mol. The topological polar surface area (TPSA) is 12.9 Å². The van der Waals surface area contributed by atoms with Gasteiger partial charge in [0.05, 0.1) is 5.69 Å². The predicted molar refractivity (Wildman–Crippen MR) is 131 cm³/mol. The van der Waals surface area contributed by atoms with Crippen molar-refractivity contribution in [1.82, 2.24) is 4.98 Å². The third kappa shape index (κ3) is 7.44.